The average Bonchev–Trinajstić information content (AvgIpc) is 2.71. The Balaban J connectivity index is 2.75. The van der Waals surface area contributed by atoms with Crippen molar-refractivity contribution in [2.75, 3.05) is 12.0 Å². The van der Waals surface area contributed by atoms with E-state index in [0.29, 0.717) is 5.56 Å². The molecule has 1 heterocycles. The van der Waals surface area contributed by atoms with Crippen molar-refractivity contribution in [2.24, 2.45) is 0 Å². The molecular weight excluding hydrogens is 344 g/mol. The van der Waals surface area contributed by atoms with Crippen molar-refractivity contribution in [3.8, 4) is 11.1 Å². The lowest BCUT2D eigenvalue weighted by Gasteiger charge is -2.20. The first-order chi connectivity index (χ1) is 9.16. The number of halogens is 1. The predicted octanol–water partition coefficient (Wildman–Crippen LogP) is 2.97. The first-order valence-electron chi connectivity index (χ1n) is 5.86. The van der Waals surface area contributed by atoms with Crippen LogP contribution in [0.5, 0.6) is 0 Å². The maximum Gasteiger partial charge on any atom is 0.175 e. The Morgan fingerprint density at radius 1 is 1.30 bits per heavy atom. The summed E-state index contributed by atoms with van der Waals surface area (Å²) in [6.07, 6.45) is 1.16. The number of hydrogen-bond acceptors (Lipinski definition) is 5. The van der Waals surface area contributed by atoms with E-state index in [4.69, 9.17) is 10.3 Å². The van der Waals surface area contributed by atoms with Crippen molar-refractivity contribution in [1.29, 1.82) is 0 Å². The van der Waals surface area contributed by atoms with E-state index in [9.17, 15) is 8.42 Å². The smallest absolute Gasteiger partial charge is 0.175 e. The van der Waals surface area contributed by atoms with E-state index >= 15 is 0 Å². The summed E-state index contributed by atoms with van der Waals surface area (Å²) in [5.74, 6) is 0.410. The standard InChI is InChI=1S/C13H15BrN2O3S/c1-13(2,20(3,17)18)11-10(12(15)16-19-11)8-6-4-5-7-9(8)14/h4-7H,1-3H3,(H2,15,16). The number of anilines is 1. The zero-order valence-corrected chi connectivity index (χ0v) is 13.7. The van der Waals surface area contributed by atoms with Crippen LogP contribution >= 0.6 is 15.9 Å². The molecule has 1 aromatic heterocycles. The quantitative estimate of drug-likeness (QED) is 0.911. The van der Waals surface area contributed by atoms with E-state index in [0.717, 1.165) is 16.3 Å². The normalized spacial score (nSPS) is 12.6. The summed E-state index contributed by atoms with van der Waals surface area (Å²) in [7, 11) is -3.39. The van der Waals surface area contributed by atoms with Crippen molar-refractivity contribution >= 4 is 31.6 Å². The number of nitrogens with zero attached hydrogens (tertiary/aromatic N) is 1. The summed E-state index contributed by atoms with van der Waals surface area (Å²) >= 11 is 3.43. The second-order valence-corrected chi connectivity index (χ2v) is 8.45. The zero-order chi connectivity index (χ0) is 15.1. The number of rotatable bonds is 3. The summed E-state index contributed by atoms with van der Waals surface area (Å²) in [4.78, 5) is 0. The minimum atomic E-state index is -3.39. The fraction of sp³-hybridized carbons (Fsp3) is 0.308. The summed E-state index contributed by atoms with van der Waals surface area (Å²) in [6.45, 7) is 3.14. The molecule has 20 heavy (non-hydrogen) atoms. The van der Waals surface area contributed by atoms with Crippen molar-refractivity contribution in [3.63, 3.8) is 0 Å². The van der Waals surface area contributed by atoms with Gasteiger partial charge in [-0.15, -0.1) is 0 Å². The van der Waals surface area contributed by atoms with Crippen LogP contribution in [0.25, 0.3) is 11.1 Å². The van der Waals surface area contributed by atoms with Gasteiger partial charge in [0.2, 0.25) is 0 Å². The van der Waals surface area contributed by atoms with Crippen LogP contribution in [0.3, 0.4) is 0 Å². The van der Waals surface area contributed by atoms with Crippen LogP contribution in [-0.4, -0.2) is 19.8 Å². The molecule has 2 rings (SSSR count). The molecule has 0 atom stereocenters. The largest absolute Gasteiger partial charge is 0.380 e. The highest BCUT2D eigenvalue weighted by Gasteiger charge is 2.40. The molecule has 0 spiro atoms. The molecule has 0 aliphatic heterocycles. The average molecular weight is 359 g/mol. The topological polar surface area (TPSA) is 86.2 Å². The molecule has 0 saturated carbocycles. The van der Waals surface area contributed by atoms with Crippen molar-refractivity contribution in [1.82, 2.24) is 5.16 Å². The third kappa shape index (κ3) is 2.35. The Hall–Kier alpha value is -1.34. The summed E-state index contributed by atoms with van der Waals surface area (Å²) in [5.41, 5.74) is 7.12. The second kappa shape index (κ2) is 4.89. The van der Waals surface area contributed by atoms with Gasteiger partial charge in [-0.05, 0) is 19.9 Å². The SMILES string of the molecule is CC(C)(c1onc(N)c1-c1ccccc1Br)S(C)(=O)=O. The van der Waals surface area contributed by atoms with Gasteiger partial charge in [0.25, 0.3) is 0 Å². The van der Waals surface area contributed by atoms with Crippen molar-refractivity contribution in [3.05, 3.63) is 34.5 Å². The molecule has 0 aliphatic carbocycles. The molecule has 0 bridgehead atoms. The number of nitrogens with two attached hydrogens (primary N) is 1. The molecule has 0 amide bonds. The maximum absolute atomic E-state index is 12.0. The Kier molecular flexibility index (Phi) is 3.68. The van der Waals surface area contributed by atoms with E-state index < -0.39 is 14.6 Å². The molecule has 2 N–H and O–H groups in total. The molecule has 0 saturated heterocycles. The van der Waals surface area contributed by atoms with Gasteiger partial charge in [-0.2, -0.15) is 0 Å². The van der Waals surface area contributed by atoms with Crippen LogP contribution in [-0.2, 0) is 14.6 Å². The third-order valence-corrected chi connectivity index (χ3v) is 6.07. The van der Waals surface area contributed by atoms with Crippen molar-refractivity contribution in [2.45, 2.75) is 18.6 Å². The molecule has 7 heteroatoms. The van der Waals surface area contributed by atoms with E-state index in [1.54, 1.807) is 13.8 Å². The summed E-state index contributed by atoms with van der Waals surface area (Å²) in [6, 6.07) is 7.37. The molecule has 5 nitrogen and oxygen atoms in total. The zero-order valence-electron chi connectivity index (χ0n) is 11.3. The number of hydrogen-bond donors (Lipinski definition) is 1. The van der Waals surface area contributed by atoms with Gasteiger partial charge in [-0.25, -0.2) is 8.42 Å². The van der Waals surface area contributed by atoms with Crippen LogP contribution in [0, 0.1) is 0 Å². The van der Waals surface area contributed by atoms with Gasteiger partial charge in [0.05, 0.1) is 5.56 Å². The monoisotopic (exact) mass is 358 g/mol. The van der Waals surface area contributed by atoms with Gasteiger partial charge < -0.3 is 10.3 Å². The van der Waals surface area contributed by atoms with Crippen LogP contribution in [0.1, 0.15) is 19.6 Å². The molecule has 2 aromatic rings. The van der Waals surface area contributed by atoms with Gasteiger partial charge in [0.1, 0.15) is 4.75 Å². The van der Waals surface area contributed by atoms with Crippen molar-refractivity contribution < 1.29 is 12.9 Å². The molecule has 0 fully saturated rings. The Morgan fingerprint density at radius 3 is 2.45 bits per heavy atom. The molecule has 0 aliphatic rings. The lowest BCUT2D eigenvalue weighted by atomic mass is 9.99. The second-order valence-electron chi connectivity index (χ2n) is 5.03. The first kappa shape index (κ1) is 15.1. The molecular formula is C13H15BrN2O3S. The Bertz CT molecular complexity index is 751. The highest BCUT2D eigenvalue weighted by Crippen LogP contribution is 2.42. The van der Waals surface area contributed by atoms with Gasteiger partial charge in [-0.1, -0.05) is 39.3 Å². The van der Waals surface area contributed by atoms with Gasteiger partial charge in [-0.3, -0.25) is 0 Å². The summed E-state index contributed by atoms with van der Waals surface area (Å²) in [5, 5.41) is 3.73. The highest BCUT2D eigenvalue weighted by molar-refractivity contribution is 9.10. The van der Waals surface area contributed by atoms with E-state index in [1.807, 2.05) is 24.3 Å². The molecule has 0 radical (unpaired) electrons. The van der Waals surface area contributed by atoms with E-state index in [2.05, 4.69) is 21.1 Å². The number of sulfone groups is 1. The minimum Gasteiger partial charge on any atom is -0.380 e. The predicted molar refractivity (Wildman–Crippen MR) is 81.9 cm³/mol. The fourth-order valence-corrected chi connectivity index (χ4v) is 2.77. The van der Waals surface area contributed by atoms with Crippen LogP contribution in [0.2, 0.25) is 0 Å². The van der Waals surface area contributed by atoms with E-state index in [1.165, 1.54) is 0 Å². The van der Waals surface area contributed by atoms with Crippen LogP contribution in [0.15, 0.2) is 33.3 Å². The first-order valence-corrected chi connectivity index (χ1v) is 8.55. The number of nitrogen functional groups attached to an aromatic ring is 1. The maximum atomic E-state index is 12.0. The Morgan fingerprint density at radius 2 is 1.90 bits per heavy atom. The molecule has 108 valence electrons. The van der Waals surface area contributed by atoms with E-state index in [-0.39, 0.29) is 11.6 Å². The lowest BCUT2D eigenvalue weighted by molar-refractivity contribution is 0.357. The van der Waals surface area contributed by atoms with Crippen LogP contribution < -0.4 is 5.73 Å². The Labute approximate surface area is 126 Å². The minimum absolute atomic E-state index is 0.170. The van der Waals surface area contributed by atoms with Gasteiger partial charge in [0, 0.05) is 16.3 Å². The molecule has 1 aromatic carbocycles. The summed E-state index contributed by atoms with van der Waals surface area (Å²) < 4.78 is 28.8. The van der Waals surface area contributed by atoms with Gasteiger partial charge >= 0.3 is 0 Å². The van der Waals surface area contributed by atoms with Gasteiger partial charge in [0.15, 0.2) is 21.4 Å². The number of benzene rings is 1. The highest BCUT2D eigenvalue weighted by atomic mass is 79.9. The number of aromatic nitrogens is 1. The molecule has 0 unspecified atom stereocenters. The third-order valence-electron chi connectivity index (χ3n) is 3.34. The van der Waals surface area contributed by atoms with Crippen LogP contribution in [0.4, 0.5) is 5.82 Å². The lowest BCUT2D eigenvalue weighted by Crippen LogP contribution is -2.28. The fourth-order valence-electron chi connectivity index (χ4n) is 1.81.